The maximum absolute atomic E-state index is 15.2. The van der Waals surface area contributed by atoms with Crippen LogP contribution in [0.1, 0.15) is 31.7 Å². The lowest BCUT2D eigenvalue weighted by Gasteiger charge is -2.44. The van der Waals surface area contributed by atoms with Crippen molar-refractivity contribution in [2.45, 2.75) is 31.6 Å². The molecule has 0 saturated heterocycles. The van der Waals surface area contributed by atoms with Gasteiger partial charge in [-0.25, -0.2) is 9.18 Å². The van der Waals surface area contributed by atoms with Gasteiger partial charge in [0.1, 0.15) is 22.6 Å². The van der Waals surface area contributed by atoms with E-state index in [-0.39, 0.29) is 41.5 Å². The summed E-state index contributed by atoms with van der Waals surface area (Å²) in [5.41, 5.74) is 6.09. The number of hydrogen-bond donors (Lipinski definition) is 2. The SMILES string of the molecule is CCOC(=O)C1=C(N)N(c2ccc(Br)cc2F)C2=C(C(=O)CCC2)C12C(=O)Nc1ccc(Br)cc12. The summed E-state index contributed by atoms with van der Waals surface area (Å²) in [5, 5.41) is 2.82. The first kappa shape index (κ1) is 23.7. The molecule has 2 aliphatic heterocycles. The Morgan fingerprint density at radius 2 is 1.89 bits per heavy atom. The first-order valence-corrected chi connectivity index (χ1v) is 12.6. The molecule has 2 aromatic rings. The van der Waals surface area contributed by atoms with Gasteiger partial charge in [0.25, 0.3) is 0 Å². The second kappa shape index (κ2) is 8.60. The molecule has 3 N–H and O–H groups in total. The molecule has 0 saturated carbocycles. The van der Waals surface area contributed by atoms with E-state index in [1.54, 1.807) is 31.2 Å². The van der Waals surface area contributed by atoms with Crippen molar-refractivity contribution in [3.05, 3.63) is 79.4 Å². The van der Waals surface area contributed by atoms with E-state index in [1.807, 2.05) is 0 Å². The minimum atomic E-state index is -1.81. The number of ether oxygens (including phenoxy) is 1. The number of nitrogens with one attached hydrogen (secondary N) is 1. The topological polar surface area (TPSA) is 102 Å². The van der Waals surface area contributed by atoms with Crippen molar-refractivity contribution in [2.24, 2.45) is 5.73 Å². The van der Waals surface area contributed by atoms with E-state index in [2.05, 4.69) is 37.2 Å². The van der Waals surface area contributed by atoms with Crippen LogP contribution < -0.4 is 16.0 Å². The van der Waals surface area contributed by atoms with Crippen LogP contribution in [0.3, 0.4) is 0 Å². The minimum Gasteiger partial charge on any atom is -0.462 e. The van der Waals surface area contributed by atoms with Crippen molar-refractivity contribution in [1.82, 2.24) is 0 Å². The van der Waals surface area contributed by atoms with Crippen molar-refractivity contribution in [1.29, 1.82) is 0 Å². The van der Waals surface area contributed by atoms with Gasteiger partial charge in [-0.2, -0.15) is 0 Å². The molecule has 2 aromatic carbocycles. The van der Waals surface area contributed by atoms with Crippen LogP contribution in [0.25, 0.3) is 0 Å². The Morgan fingerprint density at radius 1 is 1.17 bits per heavy atom. The molecule has 1 unspecified atom stereocenters. The number of rotatable bonds is 3. The number of Topliss-reactive ketones (excluding diaryl/α,β-unsaturated/α-hetero) is 1. The van der Waals surface area contributed by atoms with Gasteiger partial charge in [0.2, 0.25) is 5.91 Å². The molecule has 2 heterocycles. The number of allylic oxidation sites excluding steroid dienone is 1. The number of nitrogens with two attached hydrogens (primary N) is 1. The van der Waals surface area contributed by atoms with Crippen LogP contribution in [-0.4, -0.2) is 24.3 Å². The van der Waals surface area contributed by atoms with Crippen LogP contribution in [0.15, 0.2) is 68.0 Å². The van der Waals surface area contributed by atoms with Crippen LogP contribution in [-0.2, 0) is 24.5 Å². The molecule has 0 bridgehead atoms. The number of hydrogen-bond acceptors (Lipinski definition) is 6. The fourth-order valence-corrected chi connectivity index (χ4v) is 5.91. The van der Waals surface area contributed by atoms with E-state index in [0.717, 1.165) is 0 Å². The normalized spacial score (nSPS) is 21.3. The van der Waals surface area contributed by atoms with E-state index < -0.39 is 23.1 Å². The second-order valence-electron chi connectivity index (χ2n) is 8.40. The third kappa shape index (κ3) is 3.37. The Bertz CT molecular complexity index is 1390. The Morgan fingerprint density at radius 3 is 2.60 bits per heavy atom. The first-order valence-electron chi connectivity index (χ1n) is 11.0. The molecule has 180 valence electrons. The largest absolute Gasteiger partial charge is 0.462 e. The third-order valence-electron chi connectivity index (χ3n) is 6.51. The Balaban J connectivity index is 1.92. The molecule has 1 spiro atoms. The number of fused-ring (bicyclic) bond motifs is 3. The third-order valence-corrected chi connectivity index (χ3v) is 7.49. The number of esters is 1. The highest BCUT2D eigenvalue weighted by atomic mass is 79.9. The summed E-state index contributed by atoms with van der Waals surface area (Å²) >= 11 is 6.69. The van der Waals surface area contributed by atoms with E-state index in [9.17, 15) is 14.4 Å². The number of anilines is 2. The summed E-state index contributed by atoms with van der Waals surface area (Å²) in [6, 6.07) is 9.56. The van der Waals surface area contributed by atoms with Gasteiger partial charge in [0.15, 0.2) is 5.78 Å². The van der Waals surface area contributed by atoms with Gasteiger partial charge < -0.3 is 15.8 Å². The molecule has 10 heteroatoms. The van der Waals surface area contributed by atoms with Gasteiger partial charge in [-0.15, -0.1) is 0 Å². The number of halogens is 3. The molecule has 5 rings (SSSR count). The second-order valence-corrected chi connectivity index (χ2v) is 10.2. The molecule has 3 aliphatic rings. The van der Waals surface area contributed by atoms with Gasteiger partial charge in [-0.3, -0.25) is 14.5 Å². The predicted octanol–water partition coefficient (Wildman–Crippen LogP) is 4.80. The Labute approximate surface area is 217 Å². The Hall–Kier alpha value is -2.98. The maximum atomic E-state index is 15.2. The Kier molecular flexibility index (Phi) is 5.83. The summed E-state index contributed by atoms with van der Waals surface area (Å²) in [6.07, 6.45) is 1.05. The van der Waals surface area contributed by atoms with Crippen molar-refractivity contribution < 1.29 is 23.5 Å². The molecule has 1 aliphatic carbocycles. The molecule has 1 amide bonds. The summed E-state index contributed by atoms with van der Waals surface area (Å²) in [6.45, 7) is 1.65. The van der Waals surface area contributed by atoms with Crippen LogP contribution in [0.5, 0.6) is 0 Å². The van der Waals surface area contributed by atoms with Crippen LogP contribution in [0.2, 0.25) is 0 Å². The van der Waals surface area contributed by atoms with Crippen molar-refractivity contribution in [3.63, 3.8) is 0 Å². The molecule has 0 radical (unpaired) electrons. The minimum absolute atomic E-state index is 0.0190. The average molecular weight is 605 g/mol. The fourth-order valence-electron chi connectivity index (χ4n) is 5.22. The highest BCUT2D eigenvalue weighted by molar-refractivity contribution is 9.10. The van der Waals surface area contributed by atoms with E-state index in [1.165, 1.54) is 17.0 Å². The zero-order valence-electron chi connectivity index (χ0n) is 18.6. The monoisotopic (exact) mass is 603 g/mol. The molecular formula is C25H20Br2FN3O4. The summed E-state index contributed by atoms with van der Waals surface area (Å²) in [5.74, 6) is -2.48. The maximum Gasteiger partial charge on any atom is 0.339 e. The lowest BCUT2D eigenvalue weighted by Crippen LogP contribution is -2.53. The van der Waals surface area contributed by atoms with Gasteiger partial charge in [0.05, 0.1) is 12.3 Å². The van der Waals surface area contributed by atoms with E-state index in [4.69, 9.17) is 10.5 Å². The lowest BCUT2D eigenvalue weighted by molar-refractivity contribution is -0.140. The summed E-state index contributed by atoms with van der Waals surface area (Å²) in [4.78, 5) is 42.3. The van der Waals surface area contributed by atoms with Crippen molar-refractivity contribution >= 4 is 60.9 Å². The van der Waals surface area contributed by atoms with Crippen LogP contribution in [0, 0.1) is 5.82 Å². The van der Waals surface area contributed by atoms with E-state index >= 15 is 4.39 Å². The number of ketones is 1. The van der Waals surface area contributed by atoms with Crippen molar-refractivity contribution in [3.8, 4) is 0 Å². The fraction of sp³-hybridized carbons (Fsp3) is 0.240. The number of benzene rings is 2. The molecule has 0 aromatic heterocycles. The molecule has 0 fully saturated rings. The van der Waals surface area contributed by atoms with Crippen LogP contribution in [0.4, 0.5) is 15.8 Å². The summed E-state index contributed by atoms with van der Waals surface area (Å²) < 4.78 is 21.7. The van der Waals surface area contributed by atoms with Gasteiger partial charge in [-0.1, -0.05) is 31.9 Å². The predicted molar refractivity (Wildman–Crippen MR) is 135 cm³/mol. The number of amides is 1. The standard InChI is InChI=1S/C25H20Br2FN3O4/c1-2-35-23(33)21-22(29)31(17-9-7-13(27)11-15(17)28)18-4-3-5-19(32)20(18)25(21)14-10-12(26)6-8-16(14)30-24(25)34/h6-11H,2-5,29H2,1H3,(H,30,34). The average Bonchev–Trinajstić information content (AvgIpc) is 3.07. The van der Waals surface area contributed by atoms with Crippen LogP contribution >= 0.6 is 31.9 Å². The van der Waals surface area contributed by atoms with Gasteiger partial charge >= 0.3 is 5.97 Å². The zero-order chi connectivity index (χ0) is 25.1. The number of carbonyl (C=O) groups excluding carboxylic acids is 3. The molecule has 35 heavy (non-hydrogen) atoms. The smallest absolute Gasteiger partial charge is 0.339 e. The van der Waals surface area contributed by atoms with Gasteiger partial charge in [-0.05, 0) is 56.2 Å². The molecular weight excluding hydrogens is 585 g/mol. The molecule has 1 atom stereocenters. The zero-order valence-corrected chi connectivity index (χ0v) is 21.8. The highest BCUT2D eigenvalue weighted by Gasteiger charge is 2.62. The highest BCUT2D eigenvalue weighted by Crippen LogP contribution is 2.56. The number of carbonyl (C=O) groups is 3. The lowest BCUT2D eigenvalue weighted by atomic mass is 9.63. The number of nitrogens with zero attached hydrogens (tertiary/aromatic N) is 1. The molecule has 7 nitrogen and oxygen atoms in total. The van der Waals surface area contributed by atoms with Gasteiger partial charge in [0, 0.05) is 37.9 Å². The first-order chi connectivity index (χ1) is 16.7. The van der Waals surface area contributed by atoms with Crippen molar-refractivity contribution in [2.75, 3.05) is 16.8 Å². The van der Waals surface area contributed by atoms with E-state index in [0.29, 0.717) is 38.7 Å². The quantitative estimate of drug-likeness (QED) is 0.488. The summed E-state index contributed by atoms with van der Waals surface area (Å²) in [7, 11) is 0.